The van der Waals surface area contributed by atoms with Crippen LogP contribution in [0.1, 0.15) is 15.9 Å². The van der Waals surface area contributed by atoms with E-state index in [-0.39, 0.29) is 29.2 Å². The van der Waals surface area contributed by atoms with Crippen molar-refractivity contribution < 1.29 is 14.6 Å². The van der Waals surface area contributed by atoms with E-state index >= 15 is 0 Å². The molecular weight excluding hydrogens is 510 g/mol. The molecule has 0 bridgehead atoms. The summed E-state index contributed by atoms with van der Waals surface area (Å²) in [6, 6.07) is 35.0. The summed E-state index contributed by atoms with van der Waals surface area (Å²) in [5.41, 5.74) is 3.77. The van der Waals surface area contributed by atoms with Gasteiger partial charge in [0.15, 0.2) is 11.5 Å². The fraction of sp³-hybridized carbons (Fsp3) is 0.0571. The Morgan fingerprint density at radius 3 is 2.37 bits per heavy atom. The number of carbonyl (C=O) groups excluding carboxylic acids is 1. The predicted molar refractivity (Wildman–Crippen MR) is 164 cm³/mol. The van der Waals surface area contributed by atoms with Gasteiger partial charge in [-0.1, -0.05) is 78.9 Å². The van der Waals surface area contributed by atoms with E-state index < -0.39 is 0 Å². The van der Waals surface area contributed by atoms with Crippen LogP contribution in [0.2, 0.25) is 0 Å². The van der Waals surface area contributed by atoms with Crippen molar-refractivity contribution in [3.05, 3.63) is 120 Å². The fourth-order valence-electron chi connectivity index (χ4n) is 5.51. The van der Waals surface area contributed by atoms with Crippen LogP contribution in [0.5, 0.6) is 11.5 Å². The number of carbonyl (C=O) groups is 1. The zero-order valence-corrected chi connectivity index (χ0v) is 22.3. The van der Waals surface area contributed by atoms with Gasteiger partial charge in [-0.25, -0.2) is 0 Å². The number of aromatic nitrogens is 1. The number of H-pyrrole nitrogens is 1. The SMILES string of the molecule is COc1ccc(CC(=O)c2cc3ccc4c5ccccc5[nH]c4c3c(N=Nc3cccc4ccccc34)c2O)cc1. The van der Waals surface area contributed by atoms with Crippen molar-refractivity contribution in [2.45, 2.75) is 6.42 Å². The third kappa shape index (κ3) is 4.26. The maximum atomic E-state index is 13.6. The lowest BCUT2D eigenvalue weighted by atomic mass is 9.96. The van der Waals surface area contributed by atoms with Gasteiger partial charge >= 0.3 is 0 Å². The highest BCUT2D eigenvalue weighted by molar-refractivity contribution is 6.22. The quantitative estimate of drug-likeness (QED) is 0.164. The van der Waals surface area contributed by atoms with Gasteiger partial charge in [0.2, 0.25) is 0 Å². The molecule has 0 aliphatic carbocycles. The molecule has 0 unspecified atom stereocenters. The number of nitrogens with one attached hydrogen (secondary N) is 1. The van der Waals surface area contributed by atoms with Crippen LogP contribution < -0.4 is 4.74 Å². The Morgan fingerprint density at radius 1 is 0.780 bits per heavy atom. The molecule has 7 aromatic rings. The number of fused-ring (bicyclic) bond motifs is 6. The molecular formula is C35H25N3O3. The summed E-state index contributed by atoms with van der Waals surface area (Å²) in [5, 5.41) is 26.4. The molecule has 7 rings (SSSR count). The first-order valence-electron chi connectivity index (χ1n) is 13.4. The summed E-state index contributed by atoms with van der Waals surface area (Å²) < 4.78 is 5.24. The molecule has 1 aromatic heterocycles. The molecule has 41 heavy (non-hydrogen) atoms. The van der Waals surface area contributed by atoms with Gasteiger partial charge in [-0.15, -0.1) is 10.2 Å². The molecule has 0 atom stereocenters. The van der Waals surface area contributed by atoms with E-state index in [4.69, 9.17) is 4.74 Å². The van der Waals surface area contributed by atoms with Crippen molar-refractivity contribution in [2.24, 2.45) is 10.2 Å². The van der Waals surface area contributed by atoms with Gasteiger partial charge in [-0.2, -0.15) is 0 Å². The molecule has 6 aromatic carbocycles. The fourth-order valence-corrected chi connectivity index (χ4v) is 5.51. The van der Waals surface area contributed by atoms with Gasteiger partial charge in [0.05, 0.1) is 23.9 Å². The van der Waals surface area contributed by atoms with Crippen LogP contribution in [0, 0.1) is 0 Å². The van der Waals surface area contributed by atoms with Crippen molar-refractivity contribution in [3.8, 4) is 11.5 Å². The van der Waals surface area contributed by atoms with Crippen molar-refractivity contribution in [1.29, 1.82) is 0 Å². The number of Topliss-reactive ketones (excluding diaryl/α,β-unsaturated/α-hetero) is 1. The van der Waals surface area contributed by atoms with E-state index in [0.29, 0.717) is 16.8 Å². The summed E-state index contributed by atoms with van der Waals surface area (Å²) in [6.07, 6.45) is 0.123. The van der Waals surface area contributed by atoms with E-state index in [1.807, 2.05) is 97.1 Å². The molecule has 6 nitrogen and oxygen atoms in total. The van der Waals surface area contributed by atoms with Crippen LogP contribution in [-0.2, 0) is 6.42 Å². The number of azo groups is 1. The Kier molecular flexibility index (Phi) is 5.94. The Labute approximate surface area is 235 Å². The number of nitrogens with zero attached hydrogens (tertiary/aromatic N) is 2. The summed E-state index contributed by atoms with van der Waals surface area (Å²) >= 11 is 0. The minimum Gasteiger partial charge on any atom is -0.505 e. The maximum absolute atomic E-state index is 13.6. The zero-order valence-electron chi connectivity index (χ0n) is 22.3. The van der Waals surface area contributed by atoms with Crippen LogP contribution >= 0.6 is 0 Å². The minimum absolute atomic E-state index is 0.123. The van der Waals surface area contributed by atoms with Crippen LogP contribution in [0.3, 0.4) is 0 Å². The van der Waals surface area contributed by atoms with Gasteiger partial charge in [0, 0.05) is 33.5 Å². The number of hydrogen-bond donors (Lipinski definition) is 2. The number of benzene rings is 6. The molecule has 198 valence electrons. The third-order valence-corrected chi connectivity index (χ3v) is 7.58. The average molecular weight is 536 g/mol. The summed E-state index contributed by atoms with van der Waals surface area (Å²) in [4.78, 5) is 17.1. The van der Waals surface area contributed by atoms with E-state index in [2.05, 4.69) is 21.3 Å². The summed E-state index contributed by atoms with van der Waals surface area (Å²) in [5.74, 6) is 0.312. The number of aromatic amines is 1. The Bertz CT molecular complexity index is 2140. The second-order valence-corrected chi connectivity index (χ2v) is 10.0. The third-order valence-electron chi connectivity index (χ3n) is 7.58. The Morgan fingerprint density at radius 2 is 1.54 bits per heavy atom. The highest BCUT2D eigenvalue weighted by Gasteiger charge is 2.21. The first kappa shape index (κ1) is 24.5. The van der Waals surface area contributed by atoms with Gasteiger partial charge in [0.1, 0.15) is 11.4 Å². The number of rotatable bonds is 6. The number of phenols is 1. The van der Waals surface area contributed by atoms with Crippen molar-refractivity contribution >= 4 is 60.5 Å². The standard InChI is InChI=1S/C35H25N3O3/c1-41-24-16-13-21(14-17-24)19-31(39)28-20-23-15-18-27-26-10-4-5-11-29(26)36-33(27)32(23)34(35(28)40)38-37-30-12-6-8-22-7-2-3-9-25(22)30/h2-18,20,36,40H,19H2,1H3. The highest BCUT2D eigenvalue weighted by atomic mass is 16.5. The Balaban J connectivity index is 1.43. The molecule has 6 heteroatoms. The van der Waals surface area contributed by atoms with Crippen LogP contribution in [0.4, 0.5) is 11.4 Å². The molecule has 0 saturated heterocycles. The summed E-state index contributed by atoms with van der Waals surface area (Å²) in [6.45, 7) is 0. The number of ketones is 1. The monoisotopic (exact) mass is 535 g/mol. The minimum atomic E-state index is -0.215. The number of ether oxygens (including phenoxy) is 1. The second kappa shape index (κ2) is 9.92. The van der Waals surface area contributed by atoms with Gasteiger partial charge in [-0.3, -0.25) is 4.79 Å². The number of hydrogen-bond acceptors (Lipinski definition) is 5. The highest BCUT2D eigenvalue weighted by Crippen LogP contribution is 2.44. The molecule has 0 aliphatic rings. The van der Waals surface area contributed by atoms with E-state index in [1.165, 1.54) is 0 Å². The molecule has 0 saturated carbocycles. The van der Waals surface area contributed by atoms with Crippen molar-refractivity contribution in [3.63, 3.8) is 0 Å². The van der Waals surface area contributed by atoms with Gasteiger partial charge in [-0.05, 0) is 46.7 Å². The maximum Gasteiger partial charge on any atom is 0.171 e. The van der Waals surface area contributed by atoms with E-state index in [1.54, 1.807) is 13.2 Å². The predicted octanol–water partition coefficient (Wildman–Crippen LogP) is 9.18. The number of phenolic OH excluding ortho intramolecular Hbond substituents is 1. The smallest absolute Gasteiger partial charge is 0.171 e. The summed E-state index contributed by atoms with van der Waals surface area (Å²) in [7, 11) is 1.60. The normalized spacial score (nSPS) is 11.7. The molecule has 0 radical (unpaired) electrons. The first-order chi connectivity index (χ1) is 20.1. The average Bonchev–Trinajstić information content (AvgIpc) is 3.39. The second-order valence-electron chi connectivity index (χ2n) is 10.0. The van der Waals surface area contributed by atoms with E-state index in [9.17, 15) is 9.90 Å². The molecule has 0 spiro atoms. The lowest BCUT2D eigenvalue weighted by Gasteiger charge is -2.12. The molecule has 1 heterocycles. The van der Waals surface area contributed by atoms with E-state index in [0.717, 1.165) is 43.5 Å². The van der Waals surface area contributed by atoms with Crippen LogP contribution in [-0.4, -0.2) is 23.0 Å². The lowest BCUT2D eigenvalue weighted by Crippen LogP contribution is -2.04. The van der Waals surface area contributed by atoms with Gasteiger partial charge in [0.25, 0.3) is 0 Å². The lowest BCUT2D eigenvalue weighted by molar-refractivity contribution is 0.0990. The topological polar surface area (TPSA) is 87.0 Å². The van der Waals surface area contributed by atoms with Gasteiger partial charge < -0.3 is 14.8 Å². The van der Waals surface area contributed by atoms with Crippen molar-refractivity contribution in [1.82, 2.24) is 4.98 Å². The number of aromatic hydroxyl groups is 1. The largest absolute Gasteiger partial charge is 0.505 e. The molecule has 0 amide bonds. The zero-order chi connectivity index (χ0) is 27.9. The first-order valence-corrected chi connectivity index (χ1v) is 13.4. The molecule has 0 aliphatic heterocycles. The number of methoxy groups -OCH3 is 1. The van der Waals surface area contributed by atoms with Crippen LogP contribution in [0.15, 0.2) is 119 Å². The number of para-hydroxylation sites is 1. The molecule has 0 fully saturated rings. The van der Waals surface area contributed by atoms with Crippen LogP contribution in [0.25, 0.3) is 43.4 Å². The van der Waals surface area contributed by atoms with Crippen molar-refractivity contribution in [2.75, 3.05) is 7.11 Å². The Hall–Kier alpha value is -5.49. The molecule has 2 N–H and O–H groups in total.